The highest BCUT2D eigenvalue weighted by molar-refractivity contribution is 6.00. The average Bonchev–Trinajstić information content (AvgIpc) is 3.44. The third kappa shape index (κ3) is 4.56. The topological polar surface area (TPSA) is 80.3 Å². The number of aromatic amines is 1. The minimum atomic E-state index is -0.347. The molecule has 1 aliphatic rings. The number of pyridine rings is 1. The van der Waals surface area contributed by atoms with E-state index in [9.17, 15) is 4.79 Å². The monoisotopic (exact) mass is 482 g/mol. The molecular formula is C29H30N4O3. The second-order valence-electron chi connectivity index (χ2n) is 9.37. The molecule has 0 spiro atoms. The van der Waals surface area contributed by atoms with E-state index in [0.29, 0.717) is 36.3 Å². The van der Waals surface area contributed by atoms with Crippen molar-refractivity contribution in [2.45, 2.75) is 32.9 Å². The fourth-order valence-electron chi connectivity index (χ4n) is 4.59. The number of fused-ring (bicyclic) bond motifs is 1. The predicted molar refractivity (Wildman–Crippen MR) is 138 cm³/mol. The van der Waals surface area contributed by atoms with Crippen molar-refractivity contribution in [3.8, 4) is 22.8 Å². The molecule has 36 heavy (non-hydrogen) atoms. The summed E-state index contributed by atoms with van der Waals surface area (Å²) < 4.78 is 11.7. The van der Waals surface area contributed by atoms with Crippen LogP contribution in [0.3, 0.4) is 0 Å². The fraction of sp³-hybridized carbons (Fsp3) is 0.276. The van der Waals surface area contributed by atoms with Gasteiger partial charge in [-0.05, 0) is 41.7 Å². The molecule has 0 radical (unpaired) electrons. The zero-order valence-corrected chi connectivity index (χ0v) is 20.8. The molecule has 7 nitrogen and oxygen atoms in total. The second kappa shape index (κ2) is 10.2. The maximum Gasteiger partial charge on any atom is 0.273 e. The Bertz CT molecular complexity index is 1340. The number of carbonyl (C=O) groups is 1. The molecule has 1 amide bonds. The number of rotatable bonds is 9. The molecule has 3 heterocycles. The van der Waals surface area contributed by atoms with Crippen LogP contribution in [0.4, 0.5) is 0 Å². The SMILES string of the molecule is COc1cc(C2c3c(-c4ccccc4)n[nH]c3C(=O)N2Cc2cccnc2)ccc1OCCC(C)C. The van der Waals surface area contributed by atoms with Gasteiger partial charge in [-0.15, -0.1) is 0 Å². The van der Waals surface area contributed by atoms with Crippen molar-refractivity contribution >= 4 is 5.91 Å². The molecule has 1 N–H and O–H groups in total. The number of ether oxygens (including phenoxy) is 2. The fourth-order valence-corrected chi connectivity index (χ4v) is 4.59. The Morgan fingerprint density at radius 2 is 1.89 bits per heavy atom. The predicted octanol–water partition coefficient (Wildman–Crippen LogP) is 5.65. The maximum absolute atomic E-state index is 13.6. The van der Waals surface area contributed by atoms with E-state index in [0.717, 1.165) is 34.4 Å². The molecule has 0 aliphatic carbocycles. The maximum atomic E-state index is 13.6. The van der Waals surface area contributed by atoms with Crippen LogP contribution in [0.15, 0.2) is 73.1 Å². The van der Waals surface area contributed by atoms with Crippen molar-refractivity contribution in [3.63, 3.8) is 0 Å². The summed E-state index contributed by atoms with van der Waals surface area (Å²) in [7, 11) is 1.64. The van der Waals surface area contributed by atoms with Crippen LogP contribution in [0, 0.1) is 5.92 Å². The number of amides is 1. The highest BCUT2D eigenvalue weighted by atomic mass is 16.5. The number of methoxy groups -OCH3 is 1. The van der Waals surface area contributed by atoms with Gasteiger partial charge >= 0.3 is 0 Å². The van der Waals surface area contributed by atoms with Gasteiger partial charge in [0.2, 0.25) is 0 Å². The summed E-state index contributed by atoms with van der Waals surface area (Å²) in [5.41, 5.74) is 4.99. The van der Waals surface area contributed by atoms with Crippen LogP contribution in [0.25, 0.3) is 11.3 Å². The first-order chi connectivity index (χ1) is 17.6. The van der Waals surface area contributed by atoms with Gasteiger partial charge in [-0.2, -0.15) is 5.10 Å². The number of hydrogen-bond donors (Lipinski definition) is 1. The molecule has 1 atom stereocenters. The first-order valence-electron chi connectivity index (χ1n) is 12.2. The average molecular weight is 483 g/mol. The van der Waals surface area contributed by atoms with Crippen molar-refractivity contribution in [1.29, 1.82) is 0 Å². The lowest BCUT2D eigenvalue weighted by Gasteiger charge is -2.27. The number of H-pyrrole nitrogens is 1. The smallest absolute Gasteiger partial charge is 0.273 e. The number of nitrogens with one attached hydrogen (secondary N) is 1. The van der Waals surface area contributed by atoms with E-state index in [4.69, 9.17) is 9.47 Å². The number of carbonyl (C=O) groups excluding carboxylic acids is 1. The highest BCUT2D eigenvalue weighted by Crippen LogP contribution is 2.45. The standard InChI is InChI=1S/C29H30N4O3/c1-19(2)13-15-36-23-12-11-22(16-24(23)35-3)28-25-26(21-9-5-4-6-10-21)31-32-27(25)29(34)33(28)18-20-8-7-14-30-17-20/h4-12,14,16-17,19,28H,13,15,18H2,1-3H3,(H,31,32). The zero-order valence-electron chi connectivity index (χ0n) is 20.8. The molecule has 2 aromatic carbocycles. The second-order valence-corrected chi connectivity index (χ2v) is 9.37. The third-order valence-corrected chi connectivity index (χ3v) is 6.44. The Morgan fingerprint density at radius 1 is 1.06 bits per heavy atom. The van der Waals surface area contributed by atoms with Crippen LogP contribution in [-0.4, -0.2) is 39.7 Å². The van der Waals surface area contributed by atoms with Gasteiger partial charge < -0.3 is 14.4 Å². The molecule has 7 heteroatoms. The van der Waals surface area contributed by atoms with Gasteiger partial charge in [0.15, 0.2) is 11.5 Å². The summed E-state index contributed by atoms with van der Waals surface area (Å²) in [6.07, 6.45) is 4.48. The number of aromatic nitrogens is 3. The van der Waals surface area contributed by atoms with E-state index in [1.807, 2.05) is 65.6 Å². The van der Waals surface area contributed by atoms with Gasteiger partial charge in [-0.3, -0.25) is 14.9 Å². The van der Waals surface area contributed by atoms with Crippen molar-refractivity contribution in [2.24, 2.45) is 5.92 Å². The molecule has 2 aromatic heterocycles. The molecule has 1 aliphatic heterocycles. The van der Waals surface area contributed by atoms with E-state index >= 15 is 0 Å². The Labute approximate surface area is 211 Å². The lowest BCUT2D eigenvalue weighted by Crippen LogP contribution is -2.29. The zero-order chi connectivity index (χ0) is 25.1. The van der Waals surface area contributed by atoms with Crippen LogP contribution in [-0.2, 0) is 6.54 Å². The normalized spacial score (nSPS) is 14.8. The highest BCUT2D eigenvalue weighted by Gasteiger charge is 2.42. The third-order valence-electron chi connectivity index (χ3n) is 6.44. The summed E-state index contributed by atoms with van der Waals surface area (Å²) >= 11 is 0. The Balaban J connectivity index is 1.57. The largest absolute Gasteiger partial charge is 0.493 e. The Morgan fingerprint density at radius 3 is 2.61 bits per heavy atom. The first kappa shape index (κ1) is 23.6. The summed E-state index contributed by atoms with van der Waals surface area (Å²) in [4.78, 5) is 19.7. The lowest BCUT2D eigenvalue weighted by molar-refractivity contribution is 0.0729. The van der Waals surface area contributed by atoms with Crippen LogP contribution >= 0.6 is 0 Å². The Hall–Kier alpha value is -4.13. The quantitative estimate of drug-likeness (QED) is 0.333. The molecule has 0 saturated carbocycles. The van der Waals surface area contributed by atoms with E-state index in [1.54, 1.807) is 19.5 Å². The minimum absolute atomic E-state index is 0.0928. The molecule has 184 valence electrons. The van der Waals surface area contributed by atoms with Gasteiger partial charge in [0.25, 0.3) is 5.91 Å². The molecule has 0 bridgehead atoms. The van der Waals surface area contributed by atoms with Crippen molar-refractivity contribution in [2.75, 3.05) is 13.7 Å². The van der Waals surface area contributed by atoms with Crippen LogP contribution in [0.2, 0.25) is 0 Å². The Kier molecular flexibility index (Phi) is 6.71. The van der Waals surface area contributed by atoms with E-state index in [2.05, 4.69) is 29.0 Å². The minimum Gasteiger partial charge on any atom is -0.493 e. The van der Waals surface area contributed by atoms with E-state index in [-0.39, 0.29) is 11.9 Å². The molecule has 0 saturated heterocycles. The number of nitrogens with zero attached hydrogens (tertiary/aromatic N) is 3. The molecule has 0 fully saturated rings. The van der Waals surface area contributed by atoms with Crippen molar-refractivity contribution in [1.82, 2.24) is 20.1 Å². The van der Waals surface area contributed by atoms with E-state index in [1.165, 1.54) is 0 Å². The van der Waals surface area contributed by atoms with Crippen molar-refractivity contribution < 1.29 is 14.3 Å². The molecule has 4 aromatic rings. The molecule has 5 rings (SSSR count). The first-order valence-corrected chi connectivity index (χ1v) is 12.2. The summed E-state index contributed by atoms with van der Waals surface area (Å²) in [5.74, 6) is 1.80. The van der Waals surface area contributed by atoms with Crippen molar-refractivity contribution in [3.05, 3.63) is 95.4 Å². The summed E-state index contributed by atoms with van der Waals surface area (Å²) in [5, 5.41) is 7.57. The summed E-state index contributed by atoms with van der Waals surface area (Å²) in [6.45, 7) is 5.38. The van der Waals surface area contributed by atoms with Gasteiger partial charge in [0.05, 0.1) is 25.5 Å². The van der Waals surface area contributed by atoms with Gasteiger partial charge in [-0.1, -0.05) is 56.3 Å². The van der Waals surface area contributed by atoms with Gasteiger partial charge in [0, 0.05) is 30.1 Å². The number of benzene rings is 2. The molecule has 1 unspecified atom stereocenters. The van der Waals surface area contributed by atoms with Crippen LogP contribution in [0.5, 0.6) is 11.5 Å². The van der Waals surface area contributed by atoms with Crippen LogP contribution in [0.1, 0.15) is 53.5 Å². The van der Waals surface area contributed by atoms with Crippen LogP contribution < -0.4 is 9.47 Å². The van der Waals surface area contributed by atoms with E-state index < -0.39 is 0 Å². The number of hydrogen-bond acceptors (Lipinski definition) is 5. The van der Waals surface area contributed by atoms with Gasteiger partial charge in [-0.25, -0.2) is 0 Å². The van der Waals surface area contributed by atoms with Gasteiger partial charge in [0.1, 0.15) is 5.69 Å². The summed E-state index contributed by atoms with van der Waals surface area (Å²) in [6, 6.07) is 19.4. The lowest BCUT2D eigenvalue weighted by atomic mass is 9.95. The molecular weight excluding hydrogens is 452 g/mol.